The largest absolute Gasteiger partial charge is 0.346 e. The lowest BCUT2D eigenvalue weighted by Crippen LogP contribution is -2.65. The number of sulfone groups is 1. The molecule has 2 aliphatic heterocycles. The first-order valence-corrected chi connectivity index (χ1v) is 20.0. The van der Waals surface area contributed by atoms with E-state index in [1.54, 1.807) is 4.90 Å². The molecule has 0 aromatic heterocycles. The summed E-state index contributed by atoms with van der Waals surface area (Å²) < 4.78 is 26.1. The van der Waals surface area contributed by atoms with E-state index in [1.165, 1.54) is 6.08 Å². The maximum Gasteiger partial charge on any atom is 0.315 e. The van der Waals surface area contributed by atoms with Crippen LogP contribution < -0.4 is 21.3 Å². The molecule has 0 aromatic rings. The molecule has 3 saturated carbocycles. The molecule has 5 fully saturated rings. The van der Waals surface area contributed by atoms with Crippen LogP contribution in [0.25, 0.3) is 0 Å². The number of fused-ring (bicyclic) bond motifs is 1. The van der Waals surface area contributed by atoms with E-state index in [4.69, 9.17) is 0 Å². The van der Waals surface area contributed by atoms with Crippen molar-refractivity contribution in [1.29, 1.82) is 0 Å². The number of nitrogens with one attached hydrogen (secondary N) is 4. The van der Waals surface area contributed by atoms with E-state index >= 15 is 0 Å². The standard InChI is InChI=1S/C36H57N5O7S/c1-7-19-37-31(44)28(42)24(16-15-22-13-14-22)38-30(43)27-26-23(35(26,5)6)21-41(27)32(45)29(34(2,3)4)39-33(46)40-36(17-9-8-10-18-36)25-12-11-20-49(25,47)48/h7,22-27,29H,1,8-21H2,2-6H3,(H,37,44)(H,38,43)(H2,39,40,46)/t23-,24?,25?,26-,27-,29+/m0/s1. The number of hydrogen-bond acceptors (Lipinski definition) is 7. The van der Waals surface area contributed by atoms with Crippen molar-refractivity contribution >= 4 is 39.4 Å². The second kappa shape index (κ2) is 14.0. The molecule has 0 bridgehead atoms. The molecule has 4 N–H and O–H groups in total. The second-order valence-electron chi connectivity index (χ2n) is 16.9. The Morgan fingerprint density at radius 1 is 0.980 bits per heavy atom. The van der Waals surface area contributed by atoms with Crippen LogP contribution in [-0.4, -0.2) is 90.6 Å². The van der Waals surface area contributed by atoms with E-state index in [9.17, 15) is 32.4 Å². The van der Waals surface area contributed by atoms with E-state index in [-0.39, 0.29) is 29.5 Å². The molecule has 13 heteroatoms. The first-order valence-electron chi connectivity index (χ1n) is 18.3. The highest BCUT2D eigenvalue weighted by Crippen LogP contribution is 2.65. The molecule has 274 valence electrons. The van der Waals surface area contributed by atoms with Gasteiger partial charge in [0.15, 0.2) is 9.84 Å². The lowest BCUT2D eigenvalue weighted by molar-refractivity contribution is -0.145. The number of urea groups is 1. The SMILES string of the molecule is C=CCNC(=O)C(=O)C(CCC1CC1)NC(=O)[C@@H]1[C@@H]2[C@H](CN1C(=O)[C@@H](NC(=O)NC1(C3CCCS3(=O)=O)CCCCC1)C(C)(C)C)C2(C)C. The Morgan fingerprint density at radius 3 is 2.22 bits per heavy atom. The number of likely N-dealkylation sites (tertiary alicyclic amines) is 1. The van der Waals surface area contributed by atoms with Gasteiger partial charge in [0.2, 0.25) is 17.6 Å². The summed E-state index contributed by atoms with van der Waals surface area (Å²) in [6, 6.07) is -3.49. The maximum absolute atomic E-state index is 14.5. The predicted octanol–water partition coefficient (Wildman–Crippen LogP) is 3.01. The molecular formula is C36H57N5O7S. The van der Waals surface area contributed by atoms with Crippen molar-refractivity contribution in [3.8, 4) is 0 Å². The van der Waals surface area contributed by atoms with E-state index in [1.807, 2.05) is 20.8 Å². The molecule has 5 amide bonds. The quantitative estimate of drug-likeness (QED) is 0.169. The van der Waals surface area contributed by atoms with Gasteiger partial charge < -0.3 is 26.2 Å². The van der Waals surface area contributed by atoms with Crippen molar-refractivity contribution in [3.63, 3.8) is 0 Å². The van der Waals surface area contributed by atoms with Gasteiger partial charge in [0.05, 0.1) is 22.6 Å². The Hall–Kier alpha value is -2.96. The van der Waals surface area contributed by atoms with Gasteiger partial charge in [0.1, 0.15) is 12.1 Å². The van der Waals surface area contributed by atoms with Crippen molar-refractivity contribution in [2.24, 2.45) is 28.6 Å². The van der Waals surface area contributed by atoms with Gasteiger partial charge in [-0.15, -0.1) is 6.58 Å². The van der Waals surface area contributed by atoms with Crippen LogP contribution in [-0.2, 0) is 29.0 Å². The molecule has 5 aliphatic rings. The smallest absolute Gasteiger partial charge is 0.315 e. The fourth-order valence-corrected chi connectivity index (χ4v) is 11.2. The maximum atomic E-state index is 14.5. The van der Waals surface area contributed by atoms with E-state index in [0.29, 0.717) is 51.0 Å². The zero-order chi connectivity index (χ0) is 35.9. The number of rotatable bonds is 13. The van der Waals surface area contributed by atoms with Crippen LogP contribution in [0.1, 0.15) is 105 Å². The molecule has 49 heavy (non-hydrogen) atoms. The molecule has 2 saturated heterocycles. The lowest BCUT2D eigenvalue weighted by Gasteiger charge is -2.43. The third-order valence-corrected chi connectivity index (χ3v) is 14.4. The molecule has 2 heterocycles. The van der Waals surface area contributed by atoms with Crippen LogP contribution in [0, 0.1) is 28.6 Å². The third kappa shape index (κ3) is 7.86. The van der Waals surface area contributed by atoms with E-state index in [0.717, 1.165) is 32.1 Å². The average molecular weight is 704 g/mol. The number of hydrogen-bond donors (Lipinski definition) is 4. The van der Waals surface area contributed by atoms with Crippen molar-refractivity contribution in [2.45, 2.75) is 134 Å². The van der Waals surface area contributed by atoms with Crippen LogP contribution >= 0.6 is 0 Å². The lowest BCUT2D eigenvalue weighted by atomic mass is 9.78. The topological polar surface area (TPSA) is 171 Å². The number of nitrogens with zero attached hydrogens (tertiary/aromatic N) is 1. The van der Waals surface area contributed by atoms with Gasteiger partial charge in [-0.05, 0) is 67.1 Å². The van der Waals surface area contributed by atoms with Gasteiger partial charge in [-0.1, -0.05) is 72.8 Å². The highest BCUT2D eigenvalue weighted by Gasteiger charge is 2.70. The summed E-state index contributed by atoms with van der Waals surface area (Å²) in [7, 11) is -3.35. The monoisotopic (exact) mass is 703 g/mol. The summed E-state index contributed by atoms with van der Waals surface area (Å²) >= 11 is 0. The van der Waals surface area contributed by atoms with E-state index < -0.39 is 73.7 Å². The number of carbonyl (C=O) groups excluding carboxylic acids is 5. The summed E-state index contributed by atoms with van der Waals surface area (Å²) in [6.45, 7) is 13.7. The molecule has 0 aromatic carbocycles. The Kier molecular flexibility index (Phi) is 10.6. The molecule has 12 nitrogen and oxygen atoms in total. The van der Waals surface area contributed by atoms with Crippen LogP contribution in [0.4, 0.5) is 4.79 Å². The van der Waals surface area contributed by atoms with Crippen LogP contribution in [0.15, 0.2) is 12.7 Å². The molecule has 3 aliphatic carbocycles. The van der Waals surface area contributed by atoms with Gasteiger partial charge >= 0.3 is 6.03 Å². The molecule has 5 rings (SSSR count). The number of amides is 5. The fraction of sp³-hybridized carbons (Fsp3) is 0.806. The zero-order valence-corrected chi connectivity index (χ0v) is 30.8. The normalized spacial score (nSPS) is 29.1. The summed E-state index contributed by atoms with van der Waals surface area (Å²) in [5.41, 5.74) is -1.83. The summed E-state index contributed by atoms with van der Waals surface area (Å²) in [5, 5.41) is 10.7. The van der Waals surface area contributed by atoms with Crippen LogP contribution in [0.3, 0.4) is 0 Å². The Labute approximate surface area is 291 Å². The van der Waals surface area contributed by atoms with Crippen molar-refractivity contribution < 1.29 is 32.4 Å². The number of piperidine rings is 1. The highest BCUT2D eigenvalue weighted by molar-refractivity contribution is 7.92. The Balaban J connectivity index is 1.34. The summed E-state index contributed by atoms with van der Waals surface area (Å²) in [5.74, 6) is -1.85. The van der Waals surface area contributed by atoms with Crippen molar-refractivity contribution in [2.75, 3.05) is 18.8 Å². The minimum absolute atomic E-state index is 0.0660. The van der Waals surface area contributed by atoms with Crippen molar-refractivity contribution in [3.05, 3.63) is 12.7 Å². The van der Waals surface area contributed by atoms with E-state index in [2.05, 4.69) is 41.7 Å². The average Bonchev–Trinajstić information content (AvgIpc) is 3.83. The molecule has 2 unspecified atom stereocenters. The first kappa shape index (κ1) is 37.3. The zero-order valence-electron chi connectivity index (χ0n) is 29.9. The second-order valence-corrected chi connectivity index (χ2v) is 19.2. The van der Waals surface area contributed by atoms with Gasteiger partial charge in [0, 0.05) is 13.1 Å². The van der Waals surface area contributed by atoms with Gasteiger partial charge in [0.25, 0.3) is 5.91 Å². The van der Waals surface area contributed by atoms with Crippen LogP contribution in [0.5, 0.6) is 0 Å². The summed E-state index contributed by atoms with van der Waals surface area (Å²) in [4.78, 5) is 69.8. The molecular weight excluding hydrogens is 646 g/mol. The highest BCUT2D eigenvalue weighted by atomic mass is 32.2. The third-order valence-electron chi connectivity index (χ3n) is 12.0. The van der Waals surface area contributed by atoms with Gasteiger partial charge in [-0.3, -0.25) is 19.2 Å². The molecule has 0 spiro atoms. The Bertz CT molecular complexity index is 1440. The Morgan fingerprint density at radius 2 is 1.65 bits per heavy atom. The minimum Gasteiger partial charge on any atom is -0.346 e. The fourth-order valence-electron chi connectivity index (χ4n) is 8.89. The predicted molar refractivity (Wildman–Crippen MR) is 186 cm³/mol. The number of carbonyl (C=O) groups is 5. The summed E-state index contributed by atoms with van der Waals surface area (Å²) in [6.07, 6.45) is 9.47. The van der Waals surface area contributed by atoms with Crippen LogP contribution in [0.2, 0.25) is 0 Å². The minimum atomic E-state index is -3.35. The number of ketones is 1. The number of Topliss-reactive ketones (excluding diaryl/α,β-unsaturated/α-hetero) is 1. The molecule has 0 radical (unpaired) electrons. The first-order chi connectivity index (χ1) is 22.9. The molecule has 6 atom stereocenters. The van der Waals surface area contributed by atoms with Crippen molar-refractivity contribution in [1.82, 2.24) is 26.2 Å². The van der Waals surface area contributed by atoms with Gasteiger partial charge in [-0.25, -0.2) is 13.2 Å². The van der Waals surface area contributed by atoms with Gasteiger partial charge in [-0.2, -0.15) is 0 Å².